The molecule has 134 valence electrons. The van der Waals surface area contributed by atoms with Crippen molar-refractivity contribution >= 4 is 11.7 Å². The first-order valence-corrected chi connectivity index (χ1v) is 8.37. The standard InChI is InChI=1S/C18H23FN4O2/c1-12-10-20-23(11-12)15-7-6-13(9-14(15)19)21-17(24)22-8-4-5-16(22)18(2,3)25/h6-7,9-11,16,25H,4-5,8H2,1-3H3,(H,21,24)/t16-/m0/s1. The third-order valence-electron chi connectivity index (χ3n) is 4.49. The molecule has 0 radical (unpaired) electrons. The zero-order valence-corrected chi connectivity index (χ0v) is 14.7. The molecule has 7 heteroatoms. The third kappa shape index (κ3) is 3.66. The van der Waals surface area contributed by atoms with Crippen molar-refractivity contribution in [1.82, 2.24) is 14.7 Å². The largest absolute Gasteiger partial charge is 0.388 e. The second kappa shape index (κ2) is 6.48. The van der Waals surface area contributed by atoms with Crippen LogP contribution in [0.1, 0.15) is 32.3 Å². The number of nitrogens with zero attached hydrogens (tertiary/aromatic N) is 3. The number of amides is 2. The van der Waals surface area contributed by atoms with Crippen LogP contribution in [0.25, 0.3) is 5.69 Å². The highest BCUT2D eigenvalue weighted by Crippen LogP contribution is 2.27. The molecule has 3 rings (SSSR count). The number of hydrogen-bond donors (Lipinski definition) is 2. The Hall–Kier alpha value is -2.41. The Kier molecular flexibility index (Phi) is 4.51. The number of hydrogen-bond acceptors (Lipinski definition) is 3. The number of nitrogens with one attached hydrogen (secondary N) is 1. The fourth-order valence-electron chi connectivity index (χ4n) is 3.25. The van der Waals surface area contributed by atoms with Gasteiger partial charge >= 0.3 is 6.03 Å². The molecular weight excluding hydrogens is 323 g/mol. The highest BCUT2D eigenvalue weighted by atomic mass is 19.1. The number of carbonyl (C=O) groups excluding carboxylic acids is 1. The summed E-state index contributed by atoms with van der Waals surface area (Å²) >= 11 is 0. The highest BCUT2D eigenvalue weighted by molar-refractivity contribution is 5.90. The second-order valence-electron chi connectivity index (χ2n) is 7.06. The van der Waals surface area contributed by atoms with E-state index in [1.165, 1.54) is 10.7 Å². The summed E-state index contributed by atoms with van der Waals surface area (Å²) in [6, 6.07) is 3.92. The maximum atomic E-state index is 14.4. The van der Waals surface area contributed by atoms with Crippen LogP contribution < -0.4 is 5.32 Å². The van der Waals surface area contributed by atoms with Crippen LogP contribution in [0.3, 0.4) is 0 Å². The summed E-state index contributed by atoms with van der Waals surface area (Å²) in [5, 5.41) is 17.0. The molecule has 0 saturated carbocycles. The molecule has 1 aromatic carbocycles. The molecule has 1 aromatic heterocycles. The minimum Gasteiger partial charge on any atom is -0.388 e. The molecule has 0 spiro atoms. The van der Waals surface area contributed by atoms with Gasteiger partial charge in [0.1, 0.15) is 5.69 Å². The van der Waals surface area contributed by atoms with Crippen LogP contribution in [0.4, 0.5) is 14.9 Å². The summed E-state index contributed by atoms with van der Waals surface area (Å²) in [4.78, 5) is 14.1. The van der Waals surface area contributed by atoms with Crippen LogP contribution in [0.15, 0.2) is 30.6 Å². The van der Waals surface area contributed by atoms with Crippen LogP contribution in [0.5, 0.6) is 0 Å². The molecular formula is C18H23FN4O2. The van der Waals surface area contributed by atoms with Crippen molar-refractivity contribution in [2.45, 2.75) is 45.3 Å². The summed E-state index contributed by atoms with van der Waals surface area (Å²) in [7, 11) is 0. The van der Waals surface area contributed by atoms with Gasteiger partial charge in [0.15, 0.2) is 5.82 Å². The second-order valence-corrected chi connectivity index (χ2v) is 7.06. The zero-order chi connectivity index (χ0) is 18.2. The first kappa shape index (κ1) is 17.4. The van der Waals surface area contributed by atoms with Gasteiger partial charge in [0.25, 0.3) is 0 Å². The van der Waals surface area contributed by atoms with Gasteiger partial charge < -0.3 is 15.3 Å². The van der Waals surface area contributed by atoms with Crippen molar-refractivity contribution in [3.63, 3.8) is 0 Å². The third-order valence-corrected chi connectivity index (χ3v) is 4.49. The van der Waals surface area contributed by atoms with E-state index in [-0.39, 0.29) is 12.1 Å². The van der Waals surface area contributed by atoms with Crippen LogP contribution in [-0.2, 0) is 0 Å². The lowest BCUT2D eigenvalue weighted by Gasteiger charge is -2.33. The Balaban J connectivity index is 1.75. The van der Waals surface area contributed by atoms with E-state index in [2.05, 4.69) is 10.4 Å². The van der Waals surface area contributed by atoms with E-state index in [4.69, 9.17) is 0 Å². The van der Waals surface area contributed by atoms with E-state index in [1.807, 2.05) is 6.92 Å². The van der Waals surface area contributed by atoms with Gasteiger partial charge in [-0.15, -0.1) is 0 Å². The van der Waals surface area contributed by atoms with E-state index >= 15 is 0 Å². The van der Waals surface area contributed by atoms with E-state index in [0.717, 1.165) is 18.4 Å². The molecule has 0 bridgehead atoms. The minimum absolute atomic E-state index is 0.247. The fourth-order valence-corrected chi connectivity index (χ4v) is 3.25. The maximum Gasteiger partial charge on any atom is 0.322 e. The highest BCUT2D eigenvalue weighted by Gasteiger charge is 2.38. The number of rotatable bonds is 3. The molecule has 6 nitrogen and oxygen atoms in total. The SMILES string of the molecule is Cc1cnn(-c2ccc(NC(=O)N3CCC[C@H]3C(C)(C)O)cc2F)c1. The van der Waals surface area contributed by atoms with Gasteiger partial charge in [-0.1, -0.05) is 0 Å². The summed E-state index contributed by atoms with van der Waals surface area (Å²) in [5.74, 6) is -0.471. The Labute approximate surface area is 146 Å². The molecule has 2 heterocycles. The Morgan fingerprint density at radius 1 is 1.44 bits per heavy atom. The number of aryl methyl sites for hydroxylation is 1. The number of urea groups is 1. The average molecular weight is 346 g/mol. The van der Waals surface area contributed by atoms with Gasteiger partial charge in [0.05, 0.1) is 17.8 Å². The lowest BCUT2D eigenvalue weighted by atomic mass is 9.97. The fraction of sp³-hybridized carbons (Fsp3) is 0.444. The monoisotopic (exact) mass is 346 g/mol. The van der Waals surface area contributed by atoms with Crippen molar-refractivity contribution in [2.75, 3.05) is 11.9 Å². The van der Waals surface area contributed by atoms with E-state index in [1.54, 1.807) is 43.3 Å². The Morgan fingerprint density at radius 3 is 2.80 bits per heavy atom. The minimum atomic E-state index is -0.971. The van der Waals surface area contributed by atoms with Gasteiger partial charge in [-0.3, -0.25) is 0 Å². The number of aromatic nitrogens is 2. The summed E-state index contributed by atoms with van der Waals surface area (Å²) in [5.41, 5.74) is 0.655. The number of benzene rings is 1. The van der Waals surface area contributed by atoms with Gasteiger partial charge in [-0.2, -0.15) is 5.10 Å². The van der Waals surface area contributed by atoms with Gasteiger partial charge in [-0.25, -0.2) is 13.9 Å². The predicted molar refractivity (Wildman–Crippen MR) is 93.3 cm³/mol. The molecule has 1 fully saturated rings. The molecule has 1 aliphatic heterocycles. The molecule has 1 saturated heterocycles. The van der Waals surface area contributed by atoms with Crippen LogP contribution in [0, 0.1) is 12.7 Å². The smallest absolute Gasteiger partial charge is 0.322 e. The average Bonchev–Trinajstić information content (AvgIpc) is 3.15. The number of halogens is 1. The summed E-state index contributed by atoms with van der Waals surface area (Å²) < 4.78 is 15.8. The summed E-state index contributed by atoms with van der Waals surface area (Å²) in [6.45, 7) is 5.85. The molecule has 1 aliphatic rings. The molecule has 0 aliphatic carbocycles. The molecule has 0 unspecified atom stereocenters. The lowest BCUT2D eigenvalue weighted by Crippen LogP contribution is -2.49. The van der Waals surface area contributed by atoms with Crippen LogP contribution in [-0.4, -0.2) is 44.0 Å². The zero-order valence-electron chi connectivity index (χ0n) is 14.7. The maximum absolute atomic E-state index is 14.4. The van der Waals surface area contributed by atoms with E-state index in [9.17, 15) is 14.3 Å². The topological polar surface area (TPSA) is 70.4 Å². The normalized spacial score (nSPS) is 17.8. The van der Waals surface area contributed by atoms with Gasteiger partial charge in [0.2, 0.25) is 0 Å². The first-order chi connectivity index (χ1) is 11.8. The van der Waals surface area contributed by atoms with Crippen molar-refractivity contribution in [3.8, 4) is 5.69 Å². The Morgan fingerprint density at radius 2 is 2.20 bits per heavy atom. The molecule has 25 heavy (non-hydrogen) atoms. The van der Waals surface area contributed by atoms with Crippen molar-refractivity contribution in [1.29, 1.82) is 0 Å². The number of anilines is 1. The Bertz CT molecular complexity index is 782. The van der Waals surface area contributed by atoms with Crippen molar-refractivity contribution in [2.24, 2.45) is 0 Å². The quantitative estimate of drug-likeness (QED) is 0.897. The number of carbonyl (C=O) groups is 1. The summed E-state index contributed by atoms with van der Waals surface area (Å²) in [6.07, 6.45) is 4.98. The van der Waals surface area contributed by atoms with Crippen molar-refractivity contribution in [3.05, 3.63) is 42.0 Å². The van der Waals surface area contributed by atoms with Gasteiger partial charge in [0, 0.05) is 18.4 Å². The van der Waals surface area contributed by atoms with E-state index in [0.29, 0.717) is 17.9 Å². The lowest BCUT2D eigenvalue weighted by molar-refractivity contribution is 0.0117. The van der Waals surface area contributed by atoms with Crippen LogP contribution in [0.2, 0.25) is 0 Å². The predicted octanol–water partition coefficient (Wildman–Crippen LogP) is 3.09. The van der Waals surface area contributed by atoms with Gasteiger partial charge in [-0.05, 0) is 57.4 Å². The molecule has 2 N–H and O–H groups in total. The van der Waals surface area contributed by atoms with Crippen molar-refractivity contribution < 1.29 is 14.3 Å². The molecule has 2 aromatic rings. The van der Waals surface area contributed by atoms with Crippen LogP contribution >= 0.6 is 0 Å². The number of aliphatic hydroxyl groups is 1. The first-order valence-electron chi connectivity index (χ1n) is 8.37. The molecule has 1 atom stereocenters. The molecule has 2 amide bonds. The number of likely N-dealkylation sites (tertiary alicyclic amines) is 1. The van der Waals surface area contributed by atoms with E-state index < -0.39 is 11.4 Å².